The molecule has 33 heavy (non-hydrogen) atoms. The molecule has 0 radical (unpaired) electrons. The molecule has 0 aromatic heterocycles. The van der Waals surface area contributed by atoms with Gasteiger partial charge in [-0.3, -0.25) is 9.59 Å². The molecule has 1 aliphatic rings. The molecule has 0 N–H and O–H groups in total. The van der Waals surface area contributed by atoms with Crippen molar-refractivity contribution in [2.45, 2.75) is 31.2 Å². The van der Waals surface area contributed by atoms with Crippen molar-refractivity contribution < 1.29 is 22.7 Å². The number of benzene rings is 2. The second-order valence-electron chi connectivity index (χ2n) is 7.76. The van der Waals surface area contributed by atoms with E-state index in [4.69, 9.17) is 27.9 Å². The van der Waals surface area contributed by atoms with Gasteiger partial charge >= 0.3 is 5.97 Å². The van der Waals surface area contributed by atoms with Crippen molar-refractivity contribution in [1.29, 1.82) is 0 Å². The van der Waals surface area contributed by atoms with Crippen molar-refractivity contribution in [3.8, 4) is 0 Å². The number of ether oxygens (including phenoxy) is 1. The Bertz CT molecular complexity index is 1080. The van der Waals surface area contributed by atoms with Gasteiger partial charge in [0.2, 0.25) is 15.9 Å². The lowest BCUT2D eigenvalue weighted by molar-refractivity contribution is -0.151. The molecule has 2 aromatic rings. The lowest BCUT2D eigenvalue weighted by Crippen LogP contribution is -2.46. The lowest BCUT2D eigenvalue weighted by atomic mass is 9.97. The third-order valence-electron chi connectivity index (χ3n) is 5.48. The van der Waals surface area contributed by atoms with Crippen LogP contribution in [0.3, 0.4) is 0 Å². The molecule has 0 atom stereocenters. The van der Waals surface area contributed by atoms with Crippen LogP contribution in [0, 0.1) is 5.92 Å². The SMILES string of the molecule is CCOC(=O)C1CCN(C(=O)CN(Cc2cccc(Cl)c2)S(=O)(=O)c2ccc(Cl)cc2)CC1. The summed E-state index contributed by atoms with van der Waals surface area (Å²) >= 11 is 12.0. The van der Waals surface area contributed by atoms with Gasteiger partial charge in [0.05, 0.1) is 24.0 Å². The van der Waals surface area contributed by atoms with Crippen LogP contribution in [0.25, 0.3) is 0 Å². The van der Waals surface area contributed by atoms with E-state index in [1.165, 1.54) is 24.3 Å². The van der Waals surface area contributed by atoms with Crippen LogP contribution >= 0.6 is 23.2 Å². The van der Waals surface area contributed by atoms with Crippen LogP contribution < -0.4 is 0 Å². The molecular formula is C23H26Cl2N2O5S. The third-order valence-corrected chi connectivity index (χ3v) is 7.77. The first-order valence-electron chi connectivity index (χ1n) is 10.6. The molecule has 1 saturated heterocycles. The van der Waals surface area contributed by atoms with Gasteiger partial charge in [0.25, 0.3) is 0 Å². The lowest BCUT2D eigenvalue weighted by Gasteiger charge is -2.32. The summed E-state index contributed by atoms with van der Waals surface area (Å²) in [5, 5.41) is 0.889. The Balaban J connectivity index is 1.77. The number of sulfonamides is 1. The van der Waals surface area contributed by atoms with Crippen LogP contribution in [0.1, 0.15) is 25.3 Å². The fourth-order valence-electron chi connectivity index (χ4n) is 3.70. The maximum Gasteiger partial charge on any atom is 0.309 e. The molecule has 0 spiro atoms. The van der Waals surface area contributed by atoms with Gasteiger partial charge in [-0.1, -0.05) is 35.3 Å². The summed E-state index contributed by atoms with van der Waals surface area (Å²) in [5.41, 5.74) is 0.661. The number of halogens is 2. The first-order chi connectivity index (χ1) is 15.7. The molecule has 1 amide bonds. The smallest absolute Gasteiger partial charge is 0.309 e. The molecule has 7 nitrogen and oxygen atoms in total. The van der Waals surface area contributed by atoms with E-state index in [0.717, 1.165) is 4.31 Å². The average Bonchev–Trinajstić information content (AvgIpc) is 2.79. The largest absolute Gasteiger partial charge is 0.466 e. The maximum absolute atomic E-state index is 13.4. The van der Waals surface area contributed by atoms with Crippen molar-refractivity contribution in [2.75, 3.05) is 26.2 Å². The van der Waals surface area contributed by atoms with E-state index < -0.39 is 10.0 Å². The number of carbonyl (C=O) groups excluding carboxylic acids is 2. The fraction of sp³-hybridized carbons (Fsp3) is 0.391. The molecule has 0 saturated carbocycles. The number of amides is 1. The molecule has 1 aliphatic heterocycles. The van der Waals surface area contributed by atoms with E-state index in [1.54, 1.807) is 36.1 Å². The molecule has 0 bridgehead atoms. The van der Waals surface area contributed by atoms with Crippen LogP contribution in [0.15, 0.2) is 53.4 Å². The minimum atomic E-state index is -3.98. The normalized spacial score (nSPS) is 15.0. The van der Waals surface area contributed by atoms with Crippen LogP contribution in [0.4, 0.5) is 0 Å². The van der Waals surface area contributed by atoms with Crippen molar-refractivity contribution >= 4 is 45.1 Å². The molecule has 178 valence electrons. The Morgan fingerprint density at radius 2 is 1.73 bits per heavy atom. The number of carbonyl (C=O) groups is 2. The molecule has 0 unspecified atom stereocenters. The predicted octanol–water partition coefficient (Wildman–Crippen LogP) is 3.99. The number of rotatable bonds is 8. The van der Waals surface area contributed by atoms with E-state index in [1.807, 2.05) is 0 Å². The Kier molecular flexibility index (Phi) is 8.75. The van der Waals surface area contributed by atoms with E-state index in [0.29, 0.717) is 48.1 Å². The summed E-state index contributed by atoms with van der Waals surface area (Å²) in [6.45, 7) is 2.46. The molecule has 2 aromatic carbocycles. The Morgan fingerprint density at radius 1 is 1.06 bits per heavy atom. The van der Waals surface area contributed by atoms with Gasteiger partial charge < -0.3 is 9.64 Å². The molecule has 1 heterocycles. The highest BCUT2D eigenvalue weighted by atomic mass is 35.5. The Labute approximate surface area is 204 Å². The topological polar surface area (TPSA) is 84.0 Å². The van der Waals surface area contributed by atoms with Crippen LogP contribution in [-0.4, -0.2) is 55.7 Å². The maximum atomic E-state index is 13.4. The highest BCUT2D eigenvalue weighted by Crippen LogP contribution is 2.23. The van der Waals surface area contributed by atoms with Crippen LogP contribution in [-0.2, 0) is 30.9 Å². The summed E-state index contributed by atoms with van der Waals surface area (Å²) in [5.74, 6) is -0.816. The first kappa shape index (κ1) is 25.5. The first-order valence-corrected chi connectivity index (χ1v) is 12.8. The van der Waals surface area contributed by atoms with E-state index in [-0.39, 0.29) is 35.8 Å². The zero-order chi connectivity index (χ0) is 24.0. The molecule has 10 heteroatoms. The standard InChI is InChI=1S/C23H26Cl2N2O5S/c1-2-32-23(29)18-10-12-26(13-11-18)22(28)16-27(15-17-4-3-5-20(25)14-17)33(30,31)21-8-6-19(24)7-9-21/h3-9,14,18H,2,10-13,15-16H2,1H3. The third kappa shape index (κ3) is 6.69. The second-order valence-corrected chi connectivity index (χ2v) is 10.6. The minimum Gasteiger partial charge on any atom is -0.466 e. The van der Waals surface area contributed by atoms with Gasteiger partial charge in [0.15, 0.2) is 0 Å². The fourth-order valence-corrected chi connectivity index (χ4v) is 5.41. The molecular weight excluding hydrogens is 487 g/mol. The molecule has 1 fully saturated rings. The van der Waals surface area contributed by atoms with Gasteiger partial charge in [-0.25, -0.2) is 8.42 Å². The second kappa shape index (κ2) is 11.3. The van der Waals surface area contributed by atoms with Crippen molar-refractivity contribution in [1.82, 2.24) is 9.21 Å². The van der Waals surface area contributed by atoms with E-state index in [2.05, 4.69) is 0 Å². The van der Waals surface area contributed by atoms with E-state index in [9.17, 15) is 18.0 Å². The summed E-state index contributed by atoms with van der Waals surface area (Å²) in [6, 6.07) is 12.7. The van der Waals surface area contributed by atoms with Crippen molar-refractivity contribution in [3.63, 3.8) is 0 Å². The number of nitrogens with zero attached hydrogens (tertiary/aromatic N) is 2. The highest BCUT2D eigenvalue weighted by Gasteiger charge is 2.32. The van der Waals surface area contributed by atoms with Gasteiger partial charge in [0.1, 0.15) is 0 Å². The van der Waals surface area contributed by atoms with Crippen molar-refractivity contribution in [3.05, 3.63) is 64.1 Å². The van der Waals surface area contributed by atoms with Crippen LogP contribution in [0.2, 0.25) is 10.0 Å². The summed E-state index contributed by atoms with van der Waals surface area (Å²) in [7, 11) is -3.98. The molecule has 0 aliphatic carbocycles. The van der Waals surface area contributed by atoms with E-state index >= 15 is 0 Å². The van der Waals surface area contributed by atoms with Crippen LogP contribution in [0.5, 0.6) is 0 Å². The number of likely N-dealkylation sites (tertiary alicyclic amines) is 1. The van der Waals surface area contributed by atoms with Gasteiger partial charge in [0, 0.05) is 29.7 Å². The van der Waals surface area contributed by atoms with Gasteiger partial charge in [-0.15, -0.1) is 0 Å². The number of hydrogen-bond donors (Lipinski definition) is 0. The summed E-state index contributed by atoms with van der Waals surface area (Å²) < 4.78 is 33.0. The quantitative estimate of drug-likeness (QED) is 0.499. The average molecular weight is 513 g/mol. The van der Waals surface area contributed by atoms with Crippen molar-refractivity contribution in [2.24, 2.45) is 5.92 Å². The zero-order valence-electron chi connectivity index (χ0n) is 18.2. The summed E-state index contributed by atoms with van der Waals surface area (Å²) in [4.78, 5) is 26.7. The minimum absolute atomic E-state index is 0.0173. The Hall–Kier alpha value is -2.13. The number of piperidine rings is 1. The number of esters is 1. The predicted molar refractivity (Wildman–Crippen MR) is 126 cm³/mol. The Morgan fingerprint density at radius 3 is 2.33 bits per heavy atom. The zero-order valence-corrected chi connectivity index (χ0v) is 20.6. The van der Waals surface area contributed by atoms with Gasteiger partial charge in [-0.05, 0) is 61.7 Å². The highest BCUT2D eigenvalue weighted by molar-refractivity contribution is 7.89. The number of hydrogen-bond acceptors (Lipinski definition) is 5. The van der Waals surface area contributed by atoms with Gasteiger partial charge in [-0.2, -0.15) is 4.31 Å². The molecule has 3 rings (SSSR count). The monoisotopic (exact) mass is 512 g/mol. The summed E-state index contributed by atoms with van der Waals surface area (Å²) in [6.07, 6.45) is 0.978.